The van der Waals surface area contributed by atoms with Crippen LogP contribution in [0.4, 0.5) is 5.69 Å². The van der Waals surface area contributed by atoms with Gasteiger partial charge in [-0.1, -0.05) is 0 Å². The van der Waals surface area contributed by atoms with E-state index in [1.165, 1.54) is 12.1 Å². The Balaban J connectivity index is 2.68. The van der Waals surface area contributed by atoms with Gasteiger partial charge in [-0.3, -0.25) is 0 Å². The molecule has 1 rings (SSSR count). The van der Waals surface area contributed by atoms with Crippen molar-refractivity contribution in [3.63, 3.8) is 0 Å². The van der Waals surface area contributed by atoms with E-state index < -0.39 is 9.84 Å². The molecule has 0 aromatic heterocycles. The van der Waals surface area contributed by atoms with Gasteiger partial charge >= 0.3 is 0 Å². The van der Waals surface area contributed by atoms with Gasteiger partial charge in [-0.2, -0.15) is 0 Å². The number of anilines is 1. The fourth-order valence-corrected chi connectivity index (χ4v) is 2.38. The lowest BCUT2D eigenvalue weighted by atomic mass is 10.3. The molecule has 1 aromatic carbocycles. The maximum Gasteiger partial charge on any atom is 0.180 e. The number of aliphatic hydroxyl groups is 1. The van der Waals surface area contributed by atoms with Gasteiger partial charge in [0.1, 0.15) is 0 Å². The summed E-state index contributed by atoms with van der Waals surface area (Å²) in [6.07, 6.45) is 0. The van der Waals surface area contributed by atoms with Gasteiger partial charge in [-0.15, -0.1) is 0 Å². The zero-order valence-electron chi connectivity index (χ0n) is 10.0. The molecule has 1 aromatic rings. The minimum Gasteiger partial charge on any atom is -0.395 e. The monoisotopic (exact) mass is 273 g/mol. The largest absolute Gasteiger partial charge is 0.395 e. The smallest absolute Gasteiger partial charge is 0.180 e. The van der Waals surface area contributed by atoms with Crippen LogP contribution in [0.25, 0.3) is 0 Å². The number of sulfone groups is 1. The van der Waals surface area contributed by atoms with Crippen molar-refractivity contribution in [2.45, 2.75) is 10.9 Å². The Morgan fingerprint density at radius 3 is 2.39 bits per heavy atom. The van der Waals surface area contributed by atoms with Gasteiger partial charge in [0.25, 0.3) is 0 Å². The van der Waals surface area contributed by atoms with Crippen LogP contribution in [0, 0.1) is 0 Å². The van der Waals surface area contributed by atoms with Crippen molar-refractivity contribution in [2.75, 3.05) is 30.8 Å². The quantitative estimate of drug-likeness (QED) is 0.514. The summed E-state index contributed by atoms with van der Waals surface area (Å²) in [6.45, 7) is 0.531. The van der Waals surface area contributed by atoms with Gasteiger partial charge in [-0.25, -0.2) is 8.42 Å². The molecule has 0 bridgehead atoms. The summed E-state index contributed by atoms with van der Waals surface area (Å²) >= 11 is 0. The number of hydrogen-bond donors (Lipinski definition) is 4. The molecule has 6 N–H and O–H groups in total. The second-order valence-corrected chi connectivity index (χ2v) is 6.05. The molecule has 0 fully saturated rings. The van der Waals surface area contributed by atoms with Gasteiger partial charge in [0.05, 0.1) is 17.3 Å². The molecule has 0 heterocycles. The minimum absolute atomic E-state index is 0.136. The molecule has 0 radical (unpaired) electrons. The Kier molecular flexibility index (Phi) is 5.54. The van der Waals surface area contributed by atoms with Crippen molar-refractivity contribution >= 4 is 15.5 Å². The number of nitrogens with two attached hydrogens (primary N) is 2. The molecule has 6 nitrogen and oxygen atoms in total. The van der Waals surface area contributed by atoms with Crippen LogP contribution < -0.4 is 16.8 Å². The van der Waals surface area contributed by atoms with Crippen LogP contribution >= 0.6 is 0 Å². The lowest BCUT2D eigenvalue weighted by molar-refractivity contribution is 0.319. The lowest BCUT2D eigenvalue weighted by Crippen LogP contribution is -2.36. The van der Waals surface area contributed by atoms with E-state index in [0.717, 1.165) is 5.69 Å². The van der Waals surface area contributed by atoms with Crippen LogP contribution in [-0.4, -0.2) is 45.0 Å². The summed E-state index contributed by atoms with van der Waals surface area (Å²) in [5.74, 6) is -0.266. The molecule has 0 amide bonds. The highest BCUT2D eigenvalue weighted by molar-refractivity contribution is 7.91. The first-order valence-corrected chi connectivity index (χ1v) is 7.28. The summed E-state index contributed by atoms with van der Waals surface area (Å²) in [5, 5.41) is 11.7. The molecule has 0 aliphatic rings. The third-order valence-electron chi connectivity index (χ3n) is 2.44. The number of hydrogen-bond acceptors (Lipinski definition) is 6. The highest BCUT2D eigenvalue weighted by atomic mass is 32.2. The van der Waals surface area contributed by atoms with Crippen LogP contribution in [-0.2, 0) is 9.84 Å². The first-order valence-electron chi connectivity index (χ1n) is 5.63. The van der Waals surface area contributed by atoms with Crippen molar-refractivity contribution in [3.8, 4) is 0 Å². The Morgan fingerprint density at radius 2 is 1.89 bits per heavy atom. The molecular formula is C11H19N3O3S. The van der Waals surface area contributed by atoms with Gasteiger partial charge in [0.2, 0.25) is 0 Å². The van der Waals surface area contributed by atoms with E-state index in [0.29, 0.717) is 13.1 Å². The summed E-state index contributed by atoms with van der Waals surface area (Å²) < 4.78 is 23.3. The van der Waals surface area contributed by atoms with E-state index in [-0.39, 0.29) is 23.3 Å². The van der Waals surface area contributed by atoms with Crippen molar-refractivity contribution in [3.05, 3.63) is 24.3 Å². The average Bonchev–Trinajstić information content (AvgIpc) is 2.36. The molecule has 1 unspecified atom stereocenters. The highest BCUT2D eigenvalue weighted by Crippen LogP contribution is 2.15. The van der Waals surface area contributed by atoms with E-state index in [4.69, 9.17) is 16.6 Å². The Hall–Kier alpha value is -1.15. The lowest BCUT2D eigenvalue weighted by Gasteiger charge is -2.11. The maximum absolute atomic E-state index is 11.6. The first kappa shape index (κ1) is 14.9. The van der Waals surface area contributed by atoms with E-state index in [1.807, 2.05) is 0 Å². The number of nitrogens with one attached hydrogen (secondary N) is 1. The van der Waals surface area contributed by atoms with E-state index in [2.05, 4.69) is 5.32 Å². The van der Waals surface area contributed by atoms with Crippen LogP contribution in [0.5, 0.6) is 0 Å². The van der Waals surface area contributed by atoms with Crippen molar-refractivity contribution in [1.29, 1.82) is 0 Å². The highest BCUT2D eigenvalue weighted by Gasteiger charge is 2.13. The van der Waals surface area contributed by atoms with E-state index >= 15 is 0 Å². The molecule has 102 valence electrons. The number of aliphatic hydroxyl groups excluding tert-OH is 1. The van der Waals surface area contributed by atoms with Crippen molar-refractivity contribution < 1.29 is 13.5 Å². The maximum atomic E-state index is 11.6. The molecule has 7 heteroatoms. The second-order valence-electron chi connectivity index (χ2n) is 3.94. The summed E-state index contributed by atoms with van der Waals surface area (Å²) in [4.78, 5) is 0.199. The first-order chi connectivity index (χ1) is 8.49. The Morgan fingerprint density at radius 1 is 1.28 bits per heavy atom. The molecular weight excluding hydrogens is 254 g/mol. The normalized spacial score (nSPS) is 13.3. The Bertz CT molecular complexity index is 459. The molecule has 0 aliphatic heterocycles. The van der Waals surface area contributed by atoms with Crippen LogP contribution in [0.1, 0.15) is 0 Å². The summed E-state index contributed by atoms with van der Waals surface area (Å²) in [6, 6.07) is 6.19. The van der Waals surface area contributed by atoms with Gasteiger partial charge in [-0.05, 0) is 24.3 Å². The second kappa shape index (κ2) is 6.69. The summed E-state index contributed by atoms with van der Waals surface area (Å²) in [5.41, 5.74) is 11.8. The standard InChI is InChI=1S/C11H19N3O3S/c12-7-9(13)8-14-10-1-3-11(4-2-10)18(16,17)6-5-15/h1-4,9,14-15H,5-8,12-13H2. The minimum atomic E-state index is -3.39. The third-order valence-corrected chi connectivity index (χ3v) is 4.16. The van der Waals surface area contributed by atoms with Crippen LogP contribution in [0.15, 0.2) is 29.2 Å². The number of rotatable bonds is 7. The van der Waals surface area contributed by atoms with Gasteiger partial charge < -0.3 is 21.9 Å². The SMILES string of the molecule is NCC(N)CNc1ccc(S(=O)(=O)CCO)cc1. The molecule has 0 spiro atoms. The van der Waals surface area contributed by atoms with Crippen LogP contribution in [0.2, 0.25) is 0 Å². The predicted octanol–water partition coefficient (Wildman–Crippen LogP) is -0.849. The van der Waals surface area contributed by atoms with Crippen molar-refractivity contribution in [1.82, 2.24) is 0 Å². The fourth-order valence-electron chi connectivity index (χ4n) is 1.35. The van der Waals surface area contributed by atoms with Gasteiger partial charge in [0.15, 0.2) is 9.84 Å². The molecule has 0 aliphatic carbocycles. The topological polar surface area (TPSA) is 118 Å². The Labute approximate surface area is 107 Å². The van der Waals surface area contributed by atoms with E-state index in [9.17, 15) is 8.42 Å². The molecule has 0 saturated heterocycles. The zero-order valence-corrected chi connectivity index (χ0v) is 10.9. The fraction of sp³-hybridized carbons (Fsp3) is 0.455. The van der Waals surface area contributed by atoms with Crippen molar-refractivity contribution in [2.24, 2.45) is 11.5 Å². The molecule has 0 saturated carbocycles. The number of benzene rings is 1. The van der Waals surface area contributed by atoms with Crippen LogP contribution in [0.3, 0.4) is 0 Å². The molecule has 18 heavy (non-hydrogen) atoms. The molecule has 1 atom stereocenters. The third kappa shape index (κ3) is 4.26. The van der Waals surface area contributed by atoms with Gasteiger partial charge in [0, 0.05) is 24.8 Å². The average molecular weight is 273 g/mol. The summed E-state index contributed by atoms with van der Waals surface area (Å²) in [7, 11) is -3.39. The zero-order chi connectivity index (χ0) is 13.6. The predicted molar refractivity (Wildman–Crippen MR) is 71.1 cm³/mol. The van der Waals surface area contributed by atoms with E-state index in [1.54, 1.807) is 12.1 Å².